The smallest absolute Gasteiger partial charge is 0.267 e. The number of amides is 1. The van der Waals surface area contributed by atoms with E-state index in [1.165, 1.54) is 27.3 Å². The first-order valence-electron chi connectivity index (χ1n) is 11.3. The summed E-state index contributed by atoms with van der Waals surface area (Å²) in [6, 6.07) is 6.48. The quantitative estimate of drug-likeness (QED) is 0.420. The van der Waals surface area contributed by atoms with Crippen LogP contribution in [0.15, 0.2) is 34.2 Å². The molecule has 1 amide bonds. The third kappa shape index (κ3) is 3.99. The van der Waals surface area contributed by atoms with Crippen LogP contribution in [0.3, 0.4) is 0 Å². The molecule has 3 aromatic rings. The second-order valence-electron chi connectivity index (χ2n) is 8.63. The van der Waals surface area contributed by atoms with Gasteiger partial charge in [0.2, 0.25) is 5.91 Å². The number of nitrogens with one attached hydrogen (secondary N) is 1. The number of para-hydroxylation sites is 1. The molecule has 1 N–H and O–H groups in total. The van der Waals surface area contributed by atoms with Crippen LogP contribution in [0.2, 0.25) is 0 Å². The number of halogens is 1. The molecular formula is C24H26FN3O2S2. The number of thiophene rings is 1. The number of thioether (sulfide) groups is 1. The summed E-state index contributed by atoms with van der Waals surface area (Å²) in [7, 11) is 0. The van der Waals surface area contributed by atoms with Crippen LogP contribution in [-0.4, -0.2) is 26.8 Å². The third-order valence-corrected chi connectivity index (χ3v) is 8.64. The van der Waals surface area contributed by atoms with Crippen molar-refractivity contribution in [3.63, 3.8) is 0 Å². The fourth-order valence-electron chi connectivity index (χ4n) is 4.71. The lowest BCUT2D eigenvalue weighted by atomic mass is 9.97. The fraction of sp³-hybridized carbons (Fsp3) is 0.458. The summed E-state index contributed by atoms with van der Waals surface area (Å²) in [6.45, 7) is 1.82. The first-order chi connectivity index (χ1) is 15.5. The summed E-state index contributed by atoms with van der Waals surface area (Å²) >= 11 is 2.79. The summed E-state index contributed by atoms with van der Waals surface area (Å²) in [5.41, 5.74) is 1.00. The molecule has 0 aliphatic heterocycles. The zero-order valence-corrected chi connectivity index (χ0v) is 19.7. The number of aryl methyl sites for hydroxylation is 2. The molecular weight excluding hydrogens is 445 g/mol. The Morgan fingerprint density at radius 1 is 1.22 bits per heavy atom. The molecule has 2 aromatic heterocycles. The van der Waals surface area contributed by atoms with E-state index in [1.54, 1.807) is 29.5 Å². The highest BCUT2D eigenvalue weighted by Gasteiger charge is 2.27. The number of benzene rings is 1. The predicted octanol–water partition coefficient (Wildman–Crippen LogP) is 5.00. The van der Waals surface area contributed by atoms with Gasteiger partial charge in [-0.2, -0.15) is 0 Å². The van der Waals surface area contributed by atoms with Crippen molar-refractivity contribution in [2.75, 3.05) is 0 Å². The molecule has 0 bridgehead atoms. The Morgan fingerprint density at radius 3 is 2.75 bits per heavy atom. The van der Waals surface area contributed by atoms with Gasteiger partial charge in [0, 0.05) is 10.9 Å². The van der Waals surface area contributed by atoms with E-state index in [2.05, 4.69) is 5.32 Å². The monoisotopic (exact) mass is 471 g/mol. The van der Waals surface area contributed by atoms with Crippen molar-refractivity contribution in [3.05, 3.63) is 50.9 Å². The lowest BCUT2D eigenvalue weighted by molar-refractivity contribution is -0.120. The maximum absolute atomic E-state index is 14.8. The lowest BCUT2D eigenvalue weighted by Gasteiger charge is -2.18. The summed E-state index contributed by atoms with van der Waals surface area (Å²) in [4.78, 5) is 33.2. The summed E-state index contributed by atoms with van der Waals surface area (Å²) in [5.74, 6) is -0.549. The minimum Gasteiger partial charge on any atom is -0.352 e. The number of hydrogen-bond acceptors (Lipinski definition) is 5. The molecule has 5 nitrogen and oxygen atoms in total. The van der Waals surface area contributed by atoms with Crippen LogP contribution in [-0.2, 0) is 17.6 Å². The van der Waals surface area contributed by atoms with Gasteiger partial charge in [0.1, 0.15) is 10.6 Å². The molecule has 5 rings (SSSR count). The third-order valence-electron chi connectivity index (χ3n) is 6.40. The van der Waals surface area contributed by atoms with Gasteiger partial charge in [0.25, 0.3) is 5.56 Å². The molecule has 0 saturated heterocycles. The van der Waals surface area contributed by atoms with E-state index in [4.69, 9.17) is 4.98 Å². The molecule has 1 saturated carbocycles. The summed E-state index contributed by atoms with van der Waals surface area (Å²) < 4.78 is 16.2. The Hall–Kier alpha value is -2.19. The lowest BCUT2D eigenvalue weighted by Crippen LogP contribution is -2.38. The van der Waals surface area contributed by atoms with E-state index in [0.29, 0.717) is 15.4 Å². The summed E-state index contributed by atoms with van der Waals surface area (Å²) in [6.07, 6.45) is 8.27. The Balaban J connectivity index is 1.59. The van der Waals surface area contributed by atoms with E-state index in [0.717, 1.165) is 56.9 Å². The molecule has 2 aliphatic carbocycles. The Labute approximate surface area is 194 Å². The number of fused-ring (bicyclic) bond motifs is 3. The zero-order chi connectivity index (χ0) is 22.2. The average molecular weight is 472 g/mol. The highest BCUT2D eigenvalue weighted by molar-refractivity contribution is 8.00. The number of aromatic nitrogens is 2. The van der Waals surface area contributed by atoms with Crippen LogP contribution in [0.4, 0.5) is 4.39 Å². The van der Waals surface area contributed by atoms with Crippen LogP contribution in [0.25, 0.3) is 15.9 Å². The standard InChI is InChI=1S/C24H26FN3O2S2/c1-14(21(29)26-15-8-2-3-9-15)31-24-27-22-20(16-10-4-7-13-19(16)32-22)23(30)28(24)18-12-6-5-11-17(18)25/h5-6,11-12,14-15H,2-4,7-10,13H2,1H3,(H,26,29). The molecule has 2 heterocycles. The minimum atomic E-state index is -0.482. The first kappa shape index (κ1) is 21.6. The predicted molar refractivity (Wildman–Crippen MR) is 128 cm³/mol. The van der Waals surface area contributed by atoms with Gasteiger partial charge in [0.15, 0.2) is 5.16 Å². The van der Waals surface area contributed by atoms with Crippen molar-refractivity contribution >= 4 is 39.2 Å². The van der Waals surface area contributed by atoms with Gasteiger partial charge in [0.05, 0.1) is 16.3 Å². The highest BCUT2D eigenvalue weighted by atomic mass is 32.2. The number of nitrogens with zero attached hydrogens (tertiary/aromatic N) is 2. The number of carbonyl (C=O) groups excluding carboxylic acids is 1. The molecule has 1 fully saturated rings. The molecule has 8 heteroatoms. The van der Waals surface area contributed by atoms with Gasteiger partial charge in [-0.25, -0.2) is 9.37 Å². The molecule has 1 aromatic carbocycles. The summed E-state index contributed by atoms with van der Waals surface area (Å²) in [5, 5.41) is 3.64. The largest absolute Gasteiger partial charge is 0.352 e. The topological polar surface area (TPSA) is 64.0 Å². The Morgan fingerprint density at radius 2 is 1.97 bits per heavy atom. The number of carbonyl (C=O) groups is 1. The van der Waals surface area contributed by atoms with Crippen LogP contribution >= 0.6 is 23.1 Å². The van der Waals surface area contributed by atoms with Gasteiger partial charge in [-0.05, 0) is 63.1 Å². The van der Waals surface area contributed by atoms with Crippen LogP contribution in [0.5, 0.6) is 0 Å². The van der Waals surface area contributed by atoms with Crippen LogP contribution < -0.4 is 10.9 Å². The van der Waals surface area contributed by atoms with E-state index in [1.807, 2.05) is 6.92 Å². The van der Waals surface area contributed by atoms with Crippen molar-refractivity contribution in [1.82, 2.24) is 14.9 Å². The molecule has 1 atom stereocenters. The Kier molecular flexibility index (Phi) is 6.07. The normalized spacial score (nSPS) is 17.4. The van der Waals surface area contributed by atoms with E-state index in [9.17, 15) is 14.0 Å². The van der Waals surface area contributed by atoms with Gasteiger partial charge in [-0.15, -0.1) is 11.3 Å². The maximum Gasteiger partial charge on any atom is 0.267 e. The van der Waals surface area contributed by atoms with Gasteiger partial charge in [-0.3, -0.25) is 14.2 Å². The molecule has 168 valence electrons. The van der Waals surface area contributed by atoms with Gasteiger partial charge >= 0.3 is 0 Å². The number of rotatable bonds is 5. The van der Waals surface area contributed by atoms with Crippen LogP contribution in [0, 0.1) is 5.82 Å². The van der Waals surface area contributed by atoms with Crippen molar-refractivity contribution in [3.8, 4) is 5.69 Å². The van der Waals surface area contributed by atoms with Crippen molar-refractivity contribution in [2.45, 2.75) is 74.7 Å². The molecule has 2 aliphatic rings. The Bertz CT molecular complexity index is 1230. The van der Waals surface area contributed by atoms with E-state index < -0.39 is 11.1 Å². The van der Waals surface area contributed by atoms with E-state index >= 15 is 0 Å². The maximum atomic E-state index is 14.8. The molecule has 0 radical (unpaired) electrons. The van der Waals surface area contributed by atoms with Crippen molar-refractivity contribution in [2.24, 2.45) is 0 Å². The average Bonchev–Trinajstić information content (AvgIpc) is 3.42. The highest BCUT2D eigenvalue weighted by Crippen LogP contribution is 2.36. The molecule has 0 spiro atoms. The molecule has 32 heavy (non-hydrogen) atoms. The zero-order valence-electron chi connectivity index (χ0n) is 18.0. The van der Waals surface area contributed by atoms with Crippen molar-refractivity contribution < 1.29 is 9.18 Å². The number of hydrogen-bond donors (Lipinski definition) is 1. The second-order valence-corrected chi connectivity index (χ2v) is 11.0. The molecule has 1 unspecified atom stereocenters. The second kappa shape index (κ2) is 8.98. The van der Waals surface area contributed by atoms with E-state index in [-0.39, 0.29) is 23.2 Å². The van der Waals surface area contributed by atoms with Crippen molar-refractivity contribution in [1.29, 1.82) is 0 Å². The van der Waals surface area contributed by atoms with Crippen LogP contribution in [0.1, 0.15) is 55.9 Å². The fourth-order valence-corrected chi connectivity index (χ4v) is 6.94. The van der Waals surface area contributed by atoms with Gasteiger partial charge in [-0.1, -0.05) is 36.7 Å². The first-order valence-corrected chi connectivity index (χ1v) is 13.0. The minimum absolute atomic E-state index is 0.0678. The van der Waals surface area contributed by atoms with Gasteiger partial charge < -0.3 is 5.32 Å². The SMILES string of the molecule is CC(Sc1nc2sc3c(c2c(=O)n1-c1ccccc1F)CCCC3)C(=O)NC1CCCC1.